The Bertz CT molecular complexity index is 588. The van der Waals surface area contributed by atoms with Crippen LogP contribution in [0.4, 0.5) is 0 Å². The molecule has 1 aliphatic heterocycles. The van der Waals surface area contributed by atoms with Gasteiger partial charge in [0.2, 0.25) is 0 Å². The summed E-state index contributed by atoms with van der Waals surface area (Å²) in [5, 5.41) is 2.62. The quantitative estimate of drug-likeness (QED) is 0.711. The smallest absolute Gasteiger partial charge is 0.279 e. The fourth-order valence-electron chi connectivity index (χ4n) is 2.03. The molecular weight excluding hydrogens is 218 g/mol. The SMILES string of the molecule is O=c1c2ccccc2ncn1N1CCOCC1. The zero-order valence-corrected chi connectivity index (χ0v) is 9.37. The maximum Gasteiger partial charge on any atom is 0.279 e. The number of para-hydroxylation sites is 1. The minimum absolute atomic E-state index is 0.0162. The third kappa shape index (κ3) is 1.78. The third-order valence-electron chi connectivity index (χ3n) is 2.94. The molecule has 1 aromatic heterocycles. The monoisotopic (exact) mass is 231 g/mol. The molecule has 0 spiro atoms. The highest BCUT2D eigenvalue weighted by atomic mass is 16.5. The van der Waals surface area contributed by atoms with Crippen molar-refractivity contribution in [2.24, 2.45) is 0 Å². The number of aromatic nitrogens is 2. The van der Waals surface area contributed by atoms with Gasteiger partial charge in [-0.25, -0.2) is 9.66 Å². The second-order valence-corrected chi connectivity index (χ2v) is 3.98. The van der Waals surface area contributed by atoms with E-state index in [1.54, 1.807) is 11.0 Å². The molecule has 2 heterocycles. The molecule has 0 N–H and O–H groups in total. The Labute approximate surface area is 98.2 Å². The van der Waals surface area contributed by atoms with E-state index >= 15 is 0 Å². The van der Waals surface area contributed by atoms with Crippen LogP contribution in [-0.4, -0.2) is 36.0 Å². The fraction of sp³-hybridized carbons (Fsp3) is 0.333. The molecule has 1 saturated heterocycles. The van der Waals surface area contributed by atoms with E-state index in [1.807, 2.05) is 29.3 Å². The normalized spacial score (nSPS) is 16.4. The summed E-state index contributed by atoms with van der Waals surface area (Å²) in [5.74, 6) is 0. The highest BCUT2D eigenvalue weighted by molar-refractivity contribution is 5.76. The van der Waals surface area contributed by atoms with Gasteiger partial charge in [-0.2, -0.15) is 0 Å². The zero-order valence-electron chi connectivity index (χ0n) is 9.37. The largest absolute Gasteiger partial charge is 0.378 e. The Morgan fingerprint density at radius 1 is 1.18 bits per heavy atom. The van der Waals surface area contributed by atoms with Gasteiger partial charge in [0.15, 0.2) is 0 Å². The van der Waals surface area contributed by atoms with Crippen molar-refractivity contribution in [1.82, 2.24) is 9.66 Å². The van der Waals surface area contributed by atoms with Crippen molar-refractivity contribution in [1.29, 1.82) is 0 Å². The molecule has 2 aromatic rings. The Morgan fingerprint density at radius 2 is 1.94 bits per heavy atom. The molecular formula is C12H13N3O2. The lowest BCUT2D eigenvalue weighted by Crippen LogP contribution is -2.48. The Morgan fingerprint density at radius 3 is 2.76 bits per heavy atom. The minimum atomic E-state index is -0.0162. The molecule has 0 aliphatic carbocycles. The van der Waals surface area contributed by atoms with Crippen LogP contribution in [-0.2, 0) is 4.74 Å². The van der Waals surface area contributed by atoms with Crippen molar-refractivity contribution in [2.45, 2.75) is 0 Å². The van der Waals surface area contributed by atoms with Gasteiger partial charge in [-0.1, -0.05) is 12.1 Å². The number of rotatable bonds is 1. The van der Waals surface area contributed by atoms with Crippen LogP contribution in [0, 0.1) is 0 Å². The van der Waals surface area contributed by atoms with Crippen LogP contribution in [0.5, 0.6) is 0 Å². The van der Waals surface area contributed by atoms with Gasteiger partial charge >= 0.3 is 0 Å². The predicted octanol–water partition coefficient (Wildman–Crippen LogP) is 0.365. The molecule has 0 bridgehead atoms. The summed E-state index contributed by atoms with van der Waals surface area (Å²) in [5.41, 5.74) is 0.722. The molecule has 0 unspecified atom stereocenters. The first-order valence-electron chi connectivity index (χ1n) is 5.65. The Kier molecular flexibility index (Phi) is 2.53. The second kappa shape index (κ2) is 4.18. The summed E-state index contributed by atoms with van der Waals surface area (Å²) in [4.78, 5) is 16.6. The number of fused-ring (bicyclic) bond motifs is 1. The molecule has 0 saturated carbocycles. The standard InChI is InChI=1S/C12H13N3O2/c16-12-10-3-1-2-4-11(10)13-9-15(12)14-5-7-17-8-6-14/h1-4,9H,5-8H2. The van der Waals surface area contributed by atoms with Gasteiger partial charge in [-0.15, -0.1) is 0 Å². The molecule has 3 rings (SSSR count). The van der Waals surface area contributed by atoms with E-state index in [0.29, 0.717) is 18.6 Å². The van der Waals surface area contributed by atoms with Crippen LogP contribution in [0.2, 0.25) is 0 Å². The fourth-order valence-corrected chi connectivity index (χ4v) is 2.03. The number of nitrogens with zero attached hydrogens (tertiary/aromatic N) is 3. The van der Waals surface area contributed by atoms with Crippen LogP contribution in [0.25, 0.3) is 10.9 Å². The van der Waals surface area contributed by atoms with Gasteiger partial charge < -0.3 is 9.75 Å². The van der Waals surface area contributed by atoms with Crippen molar-refractivity contribution in [3.8, 4) is 0 Å². The van der Waals surface area contributed by atoms with Crippen LogP contribution in [0.15, 0.2) is 35.4 Å². The Hall–Kier alpha value is -1.88. The van der Waals surface area contributed by atoms with E-state index in [2.05, 4.69) is 4.98 Å². The van der Waals surface area contributed by atoms with Crippen LogP contribution in [0.1, 0.15) is 0 Å². The van der Waals surface area contributed by atoms with Crippen molar-refractivity contribution >= 4 is 10.9 Å². The molecule has 0 atom stereocenters. The third-order valence-corrected chi connectivity index (χ3v) is 2.94. The topological polar surface area (TPSA) is 47.4 Å². The molecule has 0 radical (unpaired) electrons. The van der Waals surface area contributed by atoms with Gasteiger partial charge in [0.1, 0.15) is 6.33 Å². The highest BCUT2D eigenvalue weighted by Gasteiger charge is 2.13. The first-order valence-corrected chi connectivity index (χ1v) is 5.65. The van der Waals surface area contributed by atoms with Crippen molar-refractivity contribution in [3.63, 3.8) is 0 Å². The maximum atomic E-state index is 12.3. The predicted molar refractivity (Wildman–Crippen MR) is 64.8 cm³/mol. The lowest BCUT2D eigenvalue weighted by molar-refractivity contribution is 0.110. The van der Waals surface area contributed by atoms with Gasteiger partial charge in [-0.05, 0) is 12.1 Å². The lowest BCUT2D eigenvalue weighted by Gasteiger charge is -2.29. The Balaban J connectivity index is 2.11. The number of ether oxygens (including phenoxy) is 1. The summed E-state index contributed by atoms with van der Waals surface area (Å²) in [6, 6.07) is 7.39. The first kappa shape index (κ1) is 10.3. The van der Waals surface area contributed by atoms with Gasteiger partial charge in [0, 0.05) is 0 Å². The molecule has 5 heteroatoms. The summed E-state index contributed by atoms with van der Waals surface area (Å²) in [6.07, 6.45) is 1.59. The average Bonchev–Trinajstić information content (AvgIpc) is 2.40. The maximum absolute atomic E-state index is 12.3. The van der Waals surface area contributed by atoms with E-state index in [1.165, 1.54) is 0 Å². The van der Waals surface area contributed by atoms with Crippen LogP contribution >= 0.6 is 0 Å². The second-order valence-electron chi connectivity index (χ2n) is 3.98. The highest BCUT2D eigenvalue weighted by Crippen LogP contribution is 2.05. The van der Waals surface area contributed by atoms with Gasteiger partial charge in [-0.3, -0.25) is 4.79 Å². The van der Waals surface area contributed by atoms with Crippen molar-refractivity contribution < 1.29 is 4.74 Å². The number of benzene rings is 1. The zero-order chi connectivity index (χ0) is 11.7. The molecule has 1 fully saturated rings. The van der Waals surface area contributed by atoms with Gasteiger partial charge in [0.05, 0.1) is 37.2 Å². The molecule has 88 valence electrons. The van der Waals surface area contributed by atoms with E-state index in [9.17, 15) is 4.79 Å². The molecule has 1 aliphatic rings. The van der Waals surface area contributed by atoms with E-state index in [-0.39, 0.29) is 5.56 Å². The first-order chi connectivity index (χ1) is 8.36. The molecule has 17 heavy (non-hydrogen) atoms. The van der Waals surface area contributed by atoms with E-state index < -0.39 is 0 Å². The van der Waals surface area contributed by atoms with Crippen molar-refractivity contribution in [3.05, 3.63) is 40.9 Å². The summed E-state index contributed by atoms with van der Waals surface area (Å²) < 4.78 is 6.86. The molecule has 5 nitrogen and oxygen atoms in total. The summed E-state index contributed by atoms with van der Waals surface area (Å²) >= 11 is 0. The van der Waals surface area contributed by atoms with Crippen molar-refractivity contribution in [2.75, 3.05) is 31.3 Å². The number of morpholine rings is 1. The molecule has 1 aromatic carbocycles. The minimum Gasteiger partial charge on any atom is -0.378 e. The van der Waals surface area contributed by atoms with Gasteiger partial charge in [0.25, 0.3) is 5.56 Å². The van der Waals surface area contributed by atoms with Crippen LogP contribution < -0.4 is 10.6 Å². The average molecular weight is 231 g/mol. The summed E-state index contributed by atoms with van der Waals surface area (Å²) in [7, 11) is 0. The van der Waals surface area contributed by atoms with E-state index in [4.69, 9.17) is 4.74 Å². The molecule has 0 amide bonds. The number of hydrogen-bond acceptors (Lipinski definition) is 4. The lowest BCUT2D eigenvalue weighted by atomic mass is 10.2. The van der Waals surface area contributed by atoms with E-state index in [0.717, 1.165) is 18.6 Å². The number of hydrogen-bond donors (Lipinski definition) is 0. The summed E-state index contributed by atoms with van der Waals surface area (Å²) in [6.45, 7) is 2.75. The van der Waals surface area contributed by atoms with Crippen LogP contribution in [0.3, 0.4) is 0 Å².